The third-order valence-corrected chi connectivity index (χ3v) is 4.33. The maximum Gasteiger partial charge on any atom is 0.275 e. The number of aromatic amines is 1. The summed E-state index contributed by atoms with van der Waals surface area (Å²) in [5, 5.41) is 7.49. The maximum atomic E-state index is 13.1. The molecular weight excluding hydrogens is 345 g/mol. The van der Waals surface area contributed by atoms with E-state index in [4.69, 9.17) is 0 Å². The summed E-state index contributed by atoms with van der Waals surface area (Å²) >= 11 is 0. The summed E-state index contributed by atoms with van der Waals surface area (Å²) in [6.07, 6.45) is 0.994. The van der Waals surface area contributed by atoms with Crippen LogP contribution in [-0.2, 0) is 13.0 Å². The van der Waals surface area contributed by atoms with Crippen LogP contribution in [-0.4, -0.2) is 19.6 Å². The number of hydrogen-bond acceptors (Lipinski definition) is 4. The lowest BCUT2D eigenvalue weighted by atomic mass is 10.1. The maximum absolute atomic E-state index is 13.1. The molecule has 2 heterocycles. The van der Waals surface area contributed by atoms with E-state index in [2.05, 4.69) is 39.4 Å². The lowest BCUT2D eigenvalue weighted by molar-refractivity contribution is 0.628. The van der Waals surface area contributed by atoms with Crippen LogP contribution in [0.3, 0.4) is 0 Å². The van der Waals surface area contributed by atoms with E-state index >= 15 is 0 Å². The zero-order chi connectivity index (χ0) is 18.8. The topological polar surface area (TPSA) is 75.1 Å². The molecule has 2 N–H and O–H groups in total. The second kappa shape index (κ2) is 7.03. The normalized spacial score (nSPS) is 11.0. The molecule has 4 aromatic rings. The number of benzene rings is 2. The number of aromatic nitrogens is 4. The first-order valence-corrected chi connectivity index (χ1v) is 8.70. The predicted molar refractivity (Wildman–Crippen MR) is 102 cm³/mol. The van der Waals surface area contributed by atoms with Crippen molar-refractivity contribution in [1.82, 2.24) is 19.6 Å². The SMILES string of the molecule is CCc1ccc(NCc2cc(=O)n3nc(-c4ccc(F)cc4)nc3[nH]2)cc1. The van der Waals surface area contributed by atoms with E-state index in [-0.39, 0.29) is 11.4 Å². The monoisotopic (exact) mass is 363 g/mol. The van der Waals surface area contributed by atoms with Gasteiger partial charge in [-0.15, -0.1) is 5.10 Å². The first kappa shape index (κ1) is 17.0. The number of hydrogen-bond donors (Lipinski definition) is 2. The third-order valence-electron chi connectivity index (χ3n) is 4.33. The van der Waals surface area contributed by atoms with Crippen LogP contribution in [0.15, 0.2) is 59.4 Å². The van der Waals surface area contributed by atoms with Gasteiger partial charge in [-0.25, -0.2) is 4.39 Å². The van der Waals surface area contributed by atoms with Crippen LogP contribution < -0.4 is 10.9 Å². The largest absolute Gasteiger partial charge is 0.379 e. The molecule has 27 heavy (non-hydrogen) atoms. The zero-order valence-corrected chi connectivity index (χ0v) is 14.7. The summed E-state index contributed by atoms with van der Waals surface area (Å²) in [5.41, 5.74) is 3.31. The Balaban J connectivity index is 1.59. The zero-order valence-electron chi connectivity index (χ0n) is 14.7. The van der Waals surface area contributed by atoms with Crippen LogP contribution in [0.5, 0.6) is 0 Å². The first-order valence-electron chi connectivity index (χ1n) is 8.70. The van der Waals surface area contributed by atoms with E-state index in [0.29, 0.717) is 29.4 Å². The summed E-state index contributed by atoms with van der Waals surface area (Å²) in [7, 11) is 0. The van der Waals surface area contributed by atoms with Gasteiger partial charge in [0.1, 0.15) is 5.82 Å². The third kappa shape index (κ3) is 3.57. The van der Waals surface area contributed by atoms with E-state index < -0.39 is 0 Å². The van der Waals surface area contributed by atoms with Crippen LogP contribution >= 0.6 is 0 Å². The molecule has 7 heteroatoms. The number of aryl methyl sites for hydroxylation is 1. The predicted octanol–water partition coefficient (Wildman–Crippen LogP) is 3.40. The fraction of sp³-hybridized carbons (Fsp3) is 0.150. The molecule has 0 saturated heterocycles. The summed E-state index contributed by atoms with van der Waals surface area (Å²) in [4.78, 5) is 19.8. The van der Waals surface area contributed by atoms with E-state index in [1.165, 1.54) is 28.3 Å². The molecule has 0 amide bonds. The number of nitrogens with one attached hydrogen (secondary N) is 2. The average Bonchev–Trinajstić information content (AvgIpc) is 3.12. The lowest BCUT2D eigenvalue weighted by Gasteiger charge is -2.07. The number of nitrogens with zero attached hydrogens (tertiary/aromatic N) is 3. The molecular formula is C20H18FN5O. The summed E-state index contributed by atoms with van der Waals surface area (Å²) in [6.45, 7) is 2.57. The highest BCUT2D eigenvalue weighted by atomic mass is 19.1. The number of fused-ring (bicyclic) bond motifs is 1. The molecule has 6 nitrogen and oxygen atoms in total. The van der Waals surface area contributed by atoms with Gasteiger partial charge in [0.25, 0.3) is 5.56 Å². The van der Waals surface area contributed by atoms with Crippen LogP contribution in [0.1, 0.15) is 18.2 Å². The van der Waals surface area contributed by atoms with Crippen molar-refractivity contribution in [2.24, 2.45) is 0 Å². The molecule has 4 rings (SSSR count). The molecule has 0 aliphatic carbocycles. The van der Waals surface area contributed by atoms with Crippen molar-refractivity contribution in [2.45, 2.75) is 19.9 Å². The van der Waals surface area contributed by atoms with Gasteiger partial charge < -0.3 is 10.3 Å². The van der Waals surface area contributed by atoms with Gasteiger partial charge in [-0.05, 0) is 48.4 Å². The second-order valence-corrected chi connectivity index (χ2v) is 6.21. The van der Waals surface area contributed by atoms with Crippen LogP contribution in [0, 0.1) is 5.82 Å². The van der Waals surface area contributed by atoms with E-state index in [0.717, 1.165) is 12.1 Å². The van der Waals surface area contributed by atoms with Crippen molar-refractivity contribution in [3.63, 3.8) is 0 Å². The van der Waals surface area contributed by atoms with Crippen molar-refractivity contribution in [1.29, 1.82) is 0 Å². The number of anilines is 1. The minimum Gasteiger partial charge on any atom is -0.379 e. The average molecular weight is 363 g/mol. The van der Waals surface area contributed by atoms with Gasteiger partial charge >= 0.3 is 0 Å². The molecule has 0 saturated carbocycles. The van der Waals surface area contributed by atoms with Crippen LogP contribution in [0.2, 0.25) is 0 Å². The van der Waals surface area contributed by atoms with Crippen molar-refractivity contribution >= 4 is 11.5 Å². The fourth-order valence-electron chi connectivity index (χ4n) is 2.81. The Morgan fingerprint density at radius 3 is 2.56 bits per heavy atom. The van der Waals surface area contributed by atoms with Crippen molar-refractivity contribution < 1.29 is 4.39 Å². The fourth-order valence-corrected chi connectivity index (χ4v) is 2.81. The van der Waals surface area contributed by atoms with Gasteiger partial charge in [-0.2, -0.15) is 9.50 Å². The van der Waals surface area contributed by atoms with Gasteiger partial charge in [0, 0.05) is 23.0 Å². The van der Waals surface area contributed by atoms with E-state index in [1.54, 1.807) is 12.1 Å². The van der Waals surface area contributed by atoms with Gasteiger partial charge in [0.05, 0.1) is 6.54 Å². The molecule has 0 atom stereocenters. The summed E-state index contributed by atoms with van der Waals surface area (Å²) in [6, 6.07) is 15.5. The molecule has 0 fully saturated rings. The highest BCUT2D eigenvalue weighted by Gasteiger charge is 2.10. The molecule has 136 valence electrons. The summed E-state index contributed by atoms with van der Waals surface area (Å²) in [5.74, 6) is 0.377. The standard InChI is InChI=1S/C20H18FN5O/c1-2-13-3-9-16(10-4-13)22-12-17-11-18(27)26-20(23-17)24-19(25-26)14-5-7-15(21)8-6-14/h3-11,22H,2,12H2,1H3,(H,23,24,25). The molecule has 0 aliphatic heterocycles. The lowest BCUT2D eigenvalue weighted by Crippen LogP contribution is -2.17. The Hall–Kier alpha value is -3.48. The molecule has 0 unspecified atom stereocenters. The Kier molecular flexibility index (Phi) is 4.42. The number of rotatable bonds is 5. The van der Waals surface area contributed by atoms with Crippen LogP contribution in [0.25, 0.3) is 17.2 Å². The second-order valence-electron chi connectivity index (χ2n) is 6.21. The van der Waals surface area contributed by atoms with E-state index in [9.17, 15) is 9.18 Å². The molecule has 0 spiro atoms. The highest BCUT2D eigenvalue weighted by molar-refractivity contribution is 5.56. The summed E-state index contributed by atoms with van der Waals surface area (Å²) < 4.78 is 14.3. The Morgan fingerprint density at radius 2 is 1.85 bits per heavy atom. The van der Waals surface area contributed by atoms with Gasteiger partial charge in [-0.1, -0.05) is 19.1 Å². The van der Waals surface area contributed by atoms with E-state index in [1.807, 2.05) is 12.1 Å². The minimum atomic E-state index is -0.334. The van der Waals surface area contributed by atoms with Gasteiger partial charge in [0.2, 0.25) is 5.78 Å². The Labute approximate surface area is 154 Å². The molecule has 0 aliphatic rings. The number of H-pyrrole nitrogens is 1. The van der Waals surface area contributed by atoms with Crippen molar-refractivity contribution in [2.75, 3.05) is 5.32 Å². The molecule has 2 aromatic heterocycles. The minimum absolute atomic E-state index is 0.275. The highest BCUT2D eigenvalue weighted by Crippen LogP contribution is 2.16. The molecule has 0 bridgehead atoms. The van der Waals surface area contributed by atoms with Crippen molar-refractivity contribution in [3.05, 3.63) is 82.0 Å². The van der Waals surface area contributed by atoms with Crippen LogP contribution in [0.4, 0.5) is 10.1 Å². The Morgan fingerprint density at radius 1 is 1.11 bits per heavy atom. The molecule has 0 radical (unpaired) electrons. The van der Waals surface area contributed by atoms with Gasteiger partial charge in [-0.3, -0.25) is 4.79 Å². The smallest absolute Gasteiger partial charge is 0.275 e. The molecule has 2 aromatic carbocycles. The first-order chi connectivity index (χ1) is 13.1. The van der Waals surface area contributed by atoms with Gasteiger partial charge in [0.15, 0.2) is 5.82 Å². The quantitative estimate of drug-likeness (QED) is 0.570. The van der Waals surface area contributed by atoms with Crippen molar-refractivity contribution in [3.8, 4) is 11.4 Å². The Bertz CT molecular complexity index is 1130. The number of halogens is 1.